The zero-order valence-electron chi connectivity index (χ0n) is 14.8. The normalized spacial score (nSPS) is 18.2. The van der Waals surface area contributed by atoms with Crippen LogP contribution in [0.3, 0.4) is 0 Å². The molecule has 0 amide bonds. The molecule has 5 heteroatoms. The minimum absolute atomic E-state index is 0.00293. The van der Waals surface area contributed by atoms with E-state index in [4.69, 9.17) is 0 Å². The molecule has 0 saturated carbocycles. The van der Waals surface area contributed by atoms with Crippen LogP contribution in [0.1, 0.15) is 63.6 Å². The van der Waals surface area contributed by atoms with Crippen molar-refractivity contribution in [3.63, 3.8) is 0 Å². The summed E-state index contributed by atoms with van der Waals surface area (Å²) < 4.78 is 2.13. The van der Waals surface area contributed by atoms with E-state index in [2.05, 4.69) is 20.5 Å². The molecule has 2 aromatic heterocycles. The van der Waals surface area contributed by atoms with Crippen LogP contribution in [-0.4, -0.2) is 39.1 Å². The number of hydrogen-bond acceptors (Lipinski definition) is 3. The second kappa shape index (κ2) is 6.40. The van der Waals surface area contributed by atoms with Crippen LogP contribution in [-0.2, 0) is 7.05 Å². The van der Waals surface area contributed by atoms with Crippen LogP contribution in [0.4, 0.5) is 0 Å². The number of aromatic amines is 1. The zero-order chi connectivity index (χ0) is 17.4. The highest BCUT2D eigenvalue weighted by Gasteiger charge is 2.30. The lowest BCUT2D eigenvalue weighted by atomic mass is 10.0. The van der Waals surface area contributed by atoms with Crippen molar-refractivity contribution in [2.24, 2.45) is 7.05 Å². The van der Waals surface area contributed by atoms with Gasteiger partial charge in [-0.05, 0) is 57.9 Å². The lowest BCUT2D eigenvalue weighted by molar-refractivity contribution is 0.0914. The third-order valence-electron chi connectivity index (χ3n) is 5.10. The predicted octanol–water partition coefficient (Wildman–Crippen LogP) is 3.19. The van der Waals surface area contributed by atoms with E-state index in [1.807, 2.05) is 33.2 Å². The first-order valence-corrected chi connectivity index (χ1v) is 8.48. The van der Waals surface area contributed by atoms with Crippen molar-refractivity contribution in [2.75, 3.05) is 13.1 Å². The van der Waals surface area contributed by atoms with E-state index in [1.165, 1.54) is 5.69 Å². The van der Waals surface area contributed by atoms with Gasteiger partial charge in [0.05, 0.1) is 18.3 Å². The molecule has 1 aliphatic heterocycles. The maximum absolute atomic E-state index is 12.8. The molecule has 0 radical (unpaired) electrons. The van der Waals surface area contributed by atoms with E-state index < -0.39 is 0 Å². The van der Waals surface area contributed by atoms with Crippen molar-refractivity contribution in [2.45, 2.75) is 39.7 Å². The highest BCUT2D eigenvalue weighted by atomic mass is 16.1. The van der Waals surface area contributed by atoms with Crippen molar-refractivity contribution in [3.05, 3.63) is 46.5 Å². The summed E-state index contributed by atoms with van der Waals surface area (Å²) in [5.74, 6) is 0.0624. The third kappa shape index (κ3) is 2.84. The minimum Gasteiger partial charge on any atom is -0.355 e. The Kier molecular flexibility index (Phi) is 4.45. The molecule has 1 atom stereocenters. The first kappa shape index (κ1) is 16.7. The molecule has 0 unspecified atom stereocenters. The van der Waals surface area contributed by atoms with E-state index in [1.54, 1.807) is 6.92 Å². The highest BCUT2D eigenvalue weighted by molar-refractivity contribution is 6.03. The minimum atomic E-state index is 0.00293. The Bertz CT molecular complexity index is 785. The average Bonchev–Trinajstić information content (AvgIpc) is 3.18. The fraction of sp³-hybridized carbons (Fsp3) is 0.474. The number of aryl methyl sites for hydroxylation is 2. The van der Waals surface area contributed by atoms with E-state index >= 15 is 0 Å². The van der Waals surface area contributed by atoms with Gasteiger partial charge in [0, 0.05) is 30.2 Å². The molecule has 1 N–H and O–H groups in total. The molecule has 24 heavy (non-hydrogen) atoms. The molecule has 0 bridgehead atoms. The van der Waals surface area contributed by atoms with Gasteiger partial charge in [0.15, 0.2) is 11.6 Å². The van der Waals surface area contributed by atoms with Crippen molar-refractivity contribution < 1.29 is 9.59 Å². The summed E-state index contributed by atoms with van der Waals surface area (Å²) in [4.78, 5) is 30.0. The van der Waals surface area contributed by atoms with Gasteiger partial charge in [-0.1, -0.05) is 0 Å². The van der Waals surface area contributed by atoms with Crippen LogP contribution >= 0.6 is 0 Å². The second-order valence-electron chi connectivity index (χ2n) is 6.78. The van der Waals surface area contributed by atoms with Gasteiger partial charge in [-0.2, -0.15) is 0 Å². The molecular formula is C19H25N3O2. The van der Waals surface area contributed by atoms with Crippen molar-refractivity contribution >= 4 is 11.6 Å². The number of carbonyl (C=O) groups excluding carboxylic acids is 2. The van der Waals surface area contributed by atoms with Gasteiger partial charge >= 0.3 is 0 Å². The fourth-order valence-electron chi connectivity index (χ4n) is 3.99. The smallest absolute Gasteiger partial charge is 0.193 e. The molecule has 3 rings (SSSR count). The van der Waals surface area contributed by atoms with Crippen LogP contribution in [0.25, 0.3) is 0 Å². The zero-order valence-corrected chi connectivity index (χ0v) is 14.8. The Morgan fingerprint density at radius 1 is 1.33 bits per heavy atom. The molecule has 128 valence electrons. The Balaban J connectivity index is 1.81. The number of carbonyl (C=O) groups is 2. The first-order chi connectivity index (χ1) is 11.4. The first-order valence-electron chi connectivity index (χ1n) is 8.48. The number of hydrogen-bond donors (Lipinski definition) is 1. The number of aromatic nitrogens is 2. The molecule has 1 aliphatic rings. The molecule has 5 nitrogen and oxygen atoms in total. The van der Waals surface area contributed by atoms with E-state index in [0.717, 1.165) is 30.6 Å². The molecule has 0 aliphatic carbocycles. The highest BCUT2D eigenvalue weighted by Crippen LogP contribution is 2.32. The van der Waals surface area contributed by atoms with Gasteiger partial charge < -0.3 is 9.55 Å². The number of nitrogens with one attached hydrogen (secondary N) is 1. The van der Waals surface area contributed by atoms with Gasteiger partial charge in [-0.3, -0.25) is 14.5 Å². The third-order valence-corrected chi connectivity index (χ3v) is 5.10. The summed E-state index contributed by atoms with van der Waals surface area (Å²) in [6.45, 7) is 6.56. The average molecular weight is 327 g/mol. The fourth-order valence-corrected chi connectivity index (χ4v) is 3.99. The topological polar surface area (TPSA) is 58.1 Å². The molecule has 1 saturated heterocycles. The molecule has 2 aromatic rings. The van der Waals surface area contributed by atoms with Crippen LogP contribution < -0.4 is 0 Å². The Labute approximate surface area is 142 Å². The van der Waals surface area contributed by atoms with Crippen molar-refractivity contribution in [1.29, 1.82) is 0 Å². The number of ketones is 2. The number of rotatable bonds is 5. The number of likely N-dealkylation sites (tertiary alicyclic amines) is 1. The molecule has 3 heterocycles. The SMILES string of the molecule is CC(=O)c1c(C)[nH]c(C(=O)CN2CCC[C@@H]2c2cccn2C)c1C. The Morgan fingerprint density at radius 3 is 2.67 bits per heavy atom. The predicted molar refractivity (Wildman–Crippen MR) is 93.6 cm³/mol. The van der Waals surface area contributed by atoms with E-state index in [-0.39, 0.29) is 17.6 Å². The van der Waals surface area contributed by atoms with Gasteiger partial charge in [0.2, 0.25) is 0 Å². The Hall–Kier alpha value is -2.14. The number of H-pyrrole nitrogens is 1. The van der Waals surface area contributed by atoms with Gasteiger partial charge in [0.25, 0.3) is 0 Å². The van der Waals surface area contributed by atoms with Crippen molar-refractivity contribution in [3.8, 4) is 0 Å². The summed E-state index contributed by atoms with van der Waals surface area (Å²) in [5, 5.41) is 0. The van der Waals surface area contributed by atoms with E-state index in [9.17, 15) is 9.59 Å². The molecule has 0 spiro atoms. The largest absolute Gasteiger partial charge is 0.355 e. The van der Waals surface area contributed by atoms with Crippen LogP contribution in [0, 0.1) is 13.8 Å². The van der Waals surface area contributed by atoms with Crippen LogP contribution in [0.5, 0.6) is 0 Å². The van der Waals surface area contributed by atoms with Gasteiger partial charge in [0.1, 0.15) is 0 Å². The molecule has 1 fully saturated rings. The summed E-state index contributed by atoms with van der Waals surface area (Å²) in [7, 11) is 2.05. The van der Waals surface area contributed by atoms with E-state index in [0.29, 0.717) is 17.8 Å². The monoisotopic (exact) mass is 327 g/mol. The van der Waals surface area contributed by atoms with Gasteiger partial charge in [-0.25, -0.2) is 0 Å². The summed E-state index contributed by atoms with van der Waals surface area (Å²) in [5.41, 5.74) is 4.04. The lowest BCUT2D eigenvalue weighted by Gasteiger charge is -2.24. The van der Waals surface area contributed by atoms with Crippen LogP contribution in [0.2, 0.25) is 0 Å². The Morgan fingerprint density at radius 2 is 2.08 bits per heavy atom. The standard InChI is InChI=1S/C19H25N3O2/c1-12-18(14(3)23)13(2)20-19(12)17(24)11-22-10-6-8-16(22)15-7-5-9-21(15)4/h5,7,9,16,20H,6,8,10-11H2,1-4H3/t16-/m1/s1. The lowest BCUT2D eigenvalue weighted by Crippen LogP contribution is -2.31. The van der Waals surface area contributed by atoms with Crippen molar-refractivity contribution in [1.82, 2.24) is 14.5 Å². The summed E-state index contributed by atoms with van der Waals surface area (Å²) in [6, 6.07) is 4.47. The molecule has 0 aromatic carbocycles. The summed E-state index contributed by atoms with van der Waals surface area (Å²) in [6.07, 6.45) is 4.22. The quantitative estimate of drug-likeness (QED) is 0.858. The maximum atomic E-state index is 12.8. The second-order valence-corrected chi connectivity index (χ2v) is 6.78. The molecular weight excluding hydrogens is 302 g/mol. The number of Topliss-reactive ketones (excluding diaryl/α,β-unsaturated/α-hetero) is 2. The van der Waals surface area contributed by atoms with Crippen LogP contribution in [0.15, 0.2) is 18.3 Å². The van der Waals surface area contributed by atoms with Gasteiger partial charge in [-0.15, -0.1) is 0 Å². The summed E-state index contributed by atoms with van der Waals surface area (Å²) >= 11 is 0. The maximum Gasteiger partial charge on any atom is 0.193 e. The number of nitrogens with zero attached hydrogens (tertiary/aromatic N) is 2.